The zero-order chi connectivity index (χ0) is 17.4. The van der Waals surface area contributed by atoms with Gasteiger partial charge in [-0.3, -0.25) is 4.79 Å². The Morgan fingerprint density at radius 3 is 2.72 bits per heavy atom. The maximum absolute atomic E-state index is 12.7. The zero-order valence-electron chi connectivity index (χ0n) is 14.1. The molecule has 5 heteroatoms. The van der Waals surface area contributed by atoms with Crippen molar-refractivity contribution in [1.29, 1.82) is 0 Å². The SMILES string of the molecule is CC[C@@H](C)Oc1ccc(/C=c2\sc3nc4ccccc4n3c2=O)cc1. The quantitative estimate of drug-likeness (QED) is 0.564. The Kier molecular flexibility index (Phi) is 4.01. The van der Waals surface area contributed by atoms with Crippen molar-refractivity contribution in [2.45, 2.75) is 26.4 Å². The third kappa shape index (κ3) is 2.91. The van der Waals surface area contributed by atoms with Gasteiger partial charge in [0.25, 0.3) is 5.56 Å². The predicted molar refractivity (Wildman–Crippen MR) is 102 cm³/mol. The second-order valence-corrected chi connectivity index (χ2v) is 7.05. The van der Waals surface area contributed by atoms with Crippen molar-refractivity contribution < 1.29 is 4.74 Å². The molecule has 0 fully saturated rings. The summed E-state index contributed by atoms with van der Waals surface area (Å²) in [6, 6.07) is 15.5. The average molecular weight is 350 g/mol. The average Bonchev–Trinajstić information content (AvgIpc) is 3.13. The van der Waals surface area contributed by atoms with Gasteiger partial charge in [0, 0.05) is 0 Å². The van der Waals surface area contributed by atoms with E-state index in [2.05, 4.69) is 18.8 Å². The lowest BCUT2D eigenvalue weighted by atomic mass is 10.2. The molecule has 2 aromatic carbocycles. The van der Waals surface area contributed by atoms with Crippen molar-refractivity contribution in [2.75, 3.05) is 0 Å². The van der Waals surface area contributed by atoms with Crippen LogP contribution in [0.4, 0.5) is 0 Å². The number of imidazole rings is 1. The first-order chi connectivity index (χ1) is 12.2. The van der Waals surface area contributed by atoms with Crippen LogP contribution < -0.4 is 14.8 Å². The maximum atomic E-state index is 12.7. The van der Waals surface area contributed by atoms with Gasteiger partial charge in [-0.1, -0.05) is 42.5 Å². The first-order valence-corrected chi connectivity index (χ1v) is 9.16. The van der Waals surface area contributed by atoms with Crippen LogP contribution in [0.2, 0.25) is 0 Å². The van der Waals surface area contributed by atoms with Crippen LogP contribution in [0.15, 0.2) is 53.3 Å². The van der Waals surface area contributed by atoms with Crippen molar-refractivity contribution in [3.05, 3.63) is 69.0 Å². The Morgan fingerprint density at radius 2 is 1.96 bits per heavy atom. The van der Waals surface area contributed by atoms with E-state index in [4.69, 9.17) is 4.74 Å². The van der Waals surface area contributed by atoms with Crippen molar-refractivity contribution >= 4 is 33.4 Å². The van der Waals surface area contributed by atoms with Crippen molar-refractivity contribution in [3.63, 3.8) is 0 Å². The molecule has 0 bridgehead atoms. The fourth-order valence-corrected chi connectivity index (χ4v) is 3.71. The highest BCUT2D eigenvalue weighted by Crippen LogP contribution is 2.17. The number of aromatic nitrogens is 2. The van der Waals surface area contributed by atoms with E-state index in [1.807, 2.05) is 54.6 Å². The second-order valence-electron chi connectivity index (χ2n) is 6.04. The minimum absolute atomic E-state index is 0.0198. The molecule has 4 nitrogen and oxygen atoms in total. The van der Waals surface area contributed by atoms with Gasteiger partial charge in [0.15, 0.2) is 4.96 Å². The van der Waals surface area contributed by atoms with Crippen LogP contribution in [0.5, 0.6) is 5.75 Å². The summed E-state index contributed by atoms with van der Waals surface area (Å²) in [5, 5.41) is 0. The predicted octanol–water partition coefficient (Wildman–Crippen LogP) is 3.63. The lowest BCUT2D eigenvalue weighted by molar-refractivity contribution is 0.217. The Bertz CT molecular complexity index is 1140. The summed E-state index contributed by atoms with van der Waals surface area (Å²) in [5.74, 6) is 0.848. The van der Waals surface area contributed by atoms with E-state index in [1.165, 1.54) is 11.3 Å². The largest absolute Gasteiger partial charge is 0.491 e. The standard InChI is InChI=1S/C20H18N2O2S/c1-3-13(2)24-15-10-8-14(9-11-15)12-18-19(23)22-17-7-5-4-6-16(17)21-20(22)25-18/h4-13H,3H2,1-2H3/b18-12-/t13-/m1/s1. The Labute approximate surface area is 149 Å². The summed E-state index contributed by atoms with van der Waals surface area (Å²) in [7, 11) is 0. The zero-order valence-corrected chi connectivity index (χ0v) is 14.9. The molecule has 2 heterocycles. The highest BCUT2D eigenvalue weighted by Gasteiger charge is 2.10. The van der Waals surface area contributed by atoms with Gasteiger partial charge in [-0.25, -0.2) is 9.38 Å². The molecule has 4 aromatic rings. The third-order valence-electron chi connectivity index (χ3n) is 4.24. The number of hydrogen-bond donors (Lipinski definition) is 0. The molecule has 2 aromatic heterocycles. The molecular formula is C20H18N2O2S. The second kappa shape index (κ2) is 6.33. The summed E-state index contributed by atoms with van der Waals surface area (Å²) in [5.41, 5.74) is 2.66. The lowest BCUT2D eigenvalue weighted by Crippen LogP contribution is -2.22. The van der Waals surface area contributed by atoms with Gasteiger partial charge >= 0.3 is 0 Å². The number of ether oxygens (including phenoxy) is 1. The van der Waals surface area contributed by atoms with Gasteiger partial charge in [0.2, 0.25) is 0 Å². The van der Waals surface area contributed by atoms with E-state index < -0.39 is 0 Å². The number of benzene rings is 2. The van der Waals surface area contributed by atoms with Gasteiger partial charge < -0.3 is 4.74 Å². The summed E-state index contributed by atoms with van der Waals surface area (Å²) in [4.78, 5) is 18.0. The summed E-state index contributed by atoms with van der Waals surface area (Å²) < 4.78 is 8.16. The number of rotatable bonds is 4. The molecule has 126 valence electrons. The molecule has 1 atom stereocenters. The lowest BCUT2D eigenvalue weighted by Gasteiger charge is -2.12. The van der Waals surface area contributed by atoms with E-state index in [1.54, 1.807) is 4.40 Å². The fraction of sp³-hybridized carbons (Fsp3) is 0.200. The smallest absolute Gasteiger partial charge is 0.274 e. The number of thiazole rings is 1. The molecule has 25 heavy (non-hydrogen) atoms. The highest BCUT2D eigenvalue weighted by atomic mass is 32.1. The highest BCUT2D eigenvalue weighted by molar-refractivity contribution is 7.15. The van der Waals surface area contributed by atoms with Crippen LogP contribution in [0.3, 0.4) is 0 Å². The van der Waals surface area contributed by atoms with Crippen LogP contribution in [-0.4, -0.2) is 15.5 Å². The van der Waals surface area contributed by atoms with E-state index >= 15 is 0 Å². The third-order valence-corrected chi connectivity index (χ3v) is 5.20. The van der Waals surface area contributed by atoms with E-state index in [-0.39, 0.29) is 11.7 Å². The fourth-order valence-electron chi connectivity index (χ4n) is 2.72. The normalized spacial score (nSPS) is 13.6. The van der Waals surface area contributed by atoms with Crippen LogP contribution in [-0.2, 0) is 0 Å². The van der Waals surface area contributed by atoms with E-state index in [0.29, 0.717) is 4.53 Å². The van der Waals surface area contributed by atoms with Crippen molar-refractivity contribution in [1.82, 2.24) is 9.38 Å². The molecule has 4 rings (SSSR count). The van der Waals surface area contributed by atoms with Gasteiger partial charge in [0.1, 0.15) is 5.75 Å². The number of fused-ring (bicyclic) bond motifs is 3. The van der Waals surface area contributed by atoms with Crippen LogP contribution in [0.25, 0.3) is 22.1 Å². The molecule has 0 aliphatic carbocycles. The number of nitrogens with zero attached hydrogens (tertiary/aromatic N) is 2. The van der Waals surface area contributed by atoms with E-state index in [9.17, 15) is 4.79 Å². The Hall–Kier alpha value is -2.66. The van der Waals surface area contributed by atoms with Crippen molar-refractivity contribution in [2.24, 2.45) is 0 Å². The van der Waals surface area contributed by atoms with Gasteiger partial charge in [0.05, 0.1) is 21.7 Å². The molecule has 0 aliphatic rings. The first-order valence-electron chi connectivity index (χ1n) is 8.34. The molecule has 0 aliphatic heterocycles. The molecule has 0 amide bonds. The van der Waals surface area contributed by atoms with Gasteiger partial charge in [-0.2, -0.15) is 0 Å². The molecular weight excluding hydrogens is 332 g/mol. The van der Waals surface area contributed by atoms with Crippen LogP contribution >= 0.6 is 11.3 Å². The summed E-state index contributed by atoms with van der Waals surface area (Å²) in [6.07, 6.45) is 3.07. The maximum Gasteiger partial charge on any atom is 0.274 e. The molecule has 0 N–H and O–H groups in total. The number of hydrogen-bond acceptors (Lipinski definition) is 4. The van der Waals surface area contributed by atoms with Gasteiger partial charge in [-0.05, 0) is 49.2 Å². The van der Waals surface area contributed by atoms with Crippen LogP contribution in [0.1, 0.15) is 25.8 Å². The van der Waals surface area contributed by atoms with Crippen LogP contribution in [0, 0.1) is 0 Å². The Balaban J connectivity index is 1.74. The minimum Gasteiger partial charge on any atom is -0.491 e. The molecule has 0 saturated carbocycles. The molecule has 0 spiro atoms. The van der Waals surface area contributed by atoms with E-state index in [0.717, 1.165) is 33.7 Å². The van der Waals surface area contributed by atoms with Crippen molar-refractivity contribution in [3.8, 4) is 5.75 Å². The molecule has 0 radical (unpaired) electrons. The Morgan fingerprint density at radius 1 is 1.20 bits per heavy atom. The first kappa shape index (κ1) is 15.8. The minimum atomic E-state index is -0.0198. The summed E-state index contributed by atoms with van der Waals surface area (Å²) >= 11 is 1.42. The monoisotopic (exact) mass is 350 g/mol. The van der Waals surface area contributed by atoms with Gasteiger partial charge in [-0.15, -0.1) is 0 Å². The molecule has 0 saturated heterocycles. The summed E-state index contributed by atoms with van der Waals surface area (Å²) in [6.45, 7) is 4.15. The number of para-hydroxylation sites is 2. The topological polar surface area (TPSA) is 43.6 Å². The molecule has 0 unspecified atom stereocenters.